The summed E-state index contributed by atoms with van der Waals surface area (Å²) in [6, 6.07) is 7.35. The molecule has 2 aromatic rings. The van der Waals surface area contributed by atoms with Gasteiger partial charge in [0, 0.05) is 18.6 Å². The zero-order valence-electron chi connectivity index (χ0n) is 12.0. The van der Waals surface area contributed by atoms with Crippen LogP contribution in [-0.4, -0.2) is 21.6 Å². The van der Waals surface area contributed by atoms with Gasteiger partial charge in [-0.2, -0.15) is 9.78 Å². The molecule has 0 radical (unpaired) electrons. The topological polar surface area (TPSA) is 64.0 Å². The molecule has 0 aliphatic heterocycles. The third kappa shape index (κ3) is 2.61. The number of benzene rings is 1. The van der Waals surface area contributed by atoms with E-state index in [1.54, 1.807) is 13.0 Å². The van der Waals surface area contributed by atoms with Crippen molar-refractivity contribution in [2.75, 3.05) is 5.32 Å². The second kappa shape index (κ2) is 5.28. The van der Waals surface area contributed by atoms with E-state index in [0.717, 1.165) is 11.1 Å². The fourth-order valence-corrected chi connectivity index (χ4v) is 2.18. The average Bonchev–Trinajstić information content (AvgIpc) is 2.70. The van der Waals surface area contributed by atoms with Crippen LogP contribution in [0.2, 0.25) is 0 Å². The lowest BCUT2D eigenvalue weighted by molar-refractivity contribution is 0.0923. The van der Waals surface area contributed by atoms with E-state index in [4.69, 9.17) is 0 Å². The van der Waals surface area contributed by atoms with E-state index in [0.29, 0.717) is 17.1 Å². The minimum Gasteiger partial charge on any atom is -0.306 e. The predicted octanol–water partition coefficient (Wildman–Crippen LogP) is 2.72. The van der Waals surface area contributed by atoms with Crippen LogP contribution >= 0.6 is 0 Å². The number of nitrogens with zero attached hydrogens (tertiary/aromatic N) is 2. The minimum atomic E-state index is -0.241. The minimum absolute atomic E-state index is 0.233. The molecule has 2 rings (SSSR count). The molecule has 0 unspecified atom stereocenters. The van der Waals surface area contributed by atoms with Crippen LogP contribution in [0.4, 0.5) is 5.82 Å². The SMILES string of the molecule is CC(=O)n1nc(C)cc1NC(=O)c1c(C)cccc1C. The highest BCUT2D eigenvalue weighted by Gasteiger charge is 2.16. The molecular formula is C15H17N3O2. The summed E-state index contributed by atoms with van der Waals surface area (Å²) < 4.78 is 1.20. The Hall–Kier alpha value is -2.43. The van der Waals surface area contributed by atoms with Crippen LogP contribution in [0.15, 0.2) is 24.3 Å². The summed E-state index contributed by atoms with van der Waals surface area (Å²) in [5, 5.41) is 6.81. The molecular weight excluding hydrogens is 254 g/mol. The van der Waals surface area contributed by atoms with Gasteiger partial charge < -0.3 is 5.32 Å². The molecule has 1 N–H and O–H groups in total. The average molecular weight is 271 g/mol. The predicted molar refractivity (Wildman–Crippen MR) is 77.1 cm³/mol. The van der Waals surface area contributed by atoms with Gasteiger partial charge in [0.15, 0.2) is 0 Å². The third-order valence-electron chi connectivity index (χ3n) is 3.08. The zero-order chi connectivity index (χ0) is 14.9. The maximum atomic E-state index is 12.4. The van der Waals surface area contributed by atoms with E-state index < -0.39 is 0 Å². The van der Waals surface area contributed by atoms with Gasteiger partial charge in [0.2, 0.25) is 5.91 Å². The number of carbonyl (C=O) groups excluding carboxylic acids is 2. The fraction of sp³-hybridized carbons (Fsp3) is 0.267. The molecule has 20 heavy (non-hydrogen) atoms. The molecule has 0 aliphatic rings. The fourth-order valence-electron chi connectivity index (χ4n) is 2.18. The standard InChI is InChI=1S/C15H17N3O2/c1-9-6-5-7-10(2)14(9)15(20)16-13-8-11(3)17-18(13)12(4)19/h5-8H,1-4H3,(H,16,20). The second-order valence-corrected chi connectivity index (χ2v) is 4.82. The van der Waals surface area contributed by atoms with Crippen LogP contribution in [-0.2, 0) is 0 Å². The summed E-state index contributed by atoms with van der Waals surface area (Å²) in [6.07, 6.45) is 0. The first-order valence-corrected chi connectivity index (χ1v) is 6.35. The number of rotatable bonds is 2. The van der Waals surface area contributed by atoms with Crippen molar-refractivity contribution in [3.05, 3.63) is 46.6 Å². The number of aromatic nitrogens is 2. The third-order valence-corrected chi connectivity index (χ3v) is 3.08. The second-order valence-electron chi connectivity index (χ2n) is 4.82. The number of hydrogen-bond acceptors (Lipinski definition) is 3. The molecule has 1 aromatic heterocycles. The molecule has 1 heterocycles. The van der Waals surface area contributed by atoms with Crippen molar-refractivity contribution >= 4 is 17.6 Å². The summed E-state index contributed by atoms with van der Waals surface area (Å²) >= 11 is 0. The maximum absolute atomic E-state index is 12.4. The van der Waals surface area contributed by atoms with Gasteiger partial charge in [-0.05, 0) is 31.9 Å². The molecule has 0 saturated heterocycles. The van der Waals surface area contributed by atoms with Gasteiger partial charge in [-0.25, -0.2) is 0 Å². The van der Waals surface area contributed by atoms with Gasteiger partial charge in [0.05, 0.1) is 5.69 Å². The van der Waals surface area contributed by atoms with Crippen molar-refractivity contribution in [3.8, 4) is 0 Å². The van der Waals surface area contributed by atoms with E-state index in [2.05, 4.69) is 10.4 Å². The van der Waals surface area contributed by atoms with E-state index >= 15 is 0 Å². The van der Waals surface area contributed by atoms with E-state index in [1.165, 1.54) is 11.6 Å². The summed E-state index contributed by atoms with van der Waals surface area (Å²) in [4.78, 5) is 23.9. The molecule has 5 heteroatoms. The van der Waals surface area contributed by atoms with Gasteiger partial charge in [-0.3, -0.25) is 9.59 Å². The number of nitrogens with one attached hydrogen (secondary N) is 1. The van der Waals surface area contributed by atoms with E-state index in [1.807, 2.05) is 32.0 Å². The lowest BCUT2D eigenvalue weighted by atomic mass is 10.0. The maximum Gasteiger partial charge on any atom is 0.257 e. The van der Waals surface area contributed by atoms with Crippen LogP contribution in [0.5, 0.6) is 0 Å². The Morgan fingerprint density at radius 1 is 1.15 bits per heavy atom. The molecule has 1 amide bonds. The lowest BCUT2D eigenvalue weighted by Gasteiger charge is -2.10. The van der Waals surface area contributed by atoms with Gasteiger partial charge in [-0.15, -0.1) is 0 Å². The first-order chi connectivity index (χ1) is 9.40. The smallest absolute Gasteiger partial charge is 0.257 e. The van der Waals surface area contributed by atoms with Crippen LogP contribution < -0.4 is 5.32 Å². The Labute approximate surface area is 117 Å². The highest BCUT2D eigenvalue weighted by Crippen LogP contribution is 2.17. The first kappa shape index (κ1) is 14.0. The Bertz CT molecular complexity index is 666. The van der Waals surface area contributed by atoms with Crippen LogP contribution in [0.3, 0.4) is 0 Å². The van der Waals surface area contributed by atoms with Crippen molar-refractivity contribution < 1.29 is 9.59 Å². The normalized spacial score (nSPS) is 10.4. The van der Waals surface area contributed by atoms with Gasteiger partial charge in [0.25, 0.3) is 5.91 Å². The van der Waals surface area contributed by atoms with Crippen LogP contribution in [0.1, 0.15) is 38.9 Å². The van der Waals surface area contributed by atoms with E-state index in [-0.39, 0.29) is 11.8 Å². The molecule has 0 atom stereocenters. The van der Waals surface area contributed by atoms with E-state index in [9.17, 15) is 9.59 Å². The van der Waals surface area contributed by atoms with Crippen LogP contribution in [0, 0.1) is 20.8 Å². The summed E-state index contributed by atoms with van der Waals surface area (Å²) in [6.45, 7) is 6.94. The Balaban J connectivity index is 2.35. The number of aryl methyl sites for hydroxylation is 3. The molecule has 0 saturated carbocycles. The van der Waals surface area contributed by atoms with Gasteiger partial charge in [-0.1, -0.05) is 18.2 Å². The molecule has 104 valence electrons. The Morgan fingerprint density at radius 3 is 2.30 bits per heavy atom. The number of anilines is 1. The van der Waals surface area contributed by atoms with Crippen molar-refractivity contribution in [2.24, 2.45) is 0 Å². The summed E-state index contributed by atoms with van der Waals surface area (Å²) in [5.41, 5.74) is 3.10. The molecule has 5 nitrogen and oxygen atoms in total. The van der Waals surface area contributed by atoms with Crippen molar-refractivity contribution in [1.82, 2.24) is 9.78 Å². The van der Waals surface area contributed by atoms with Crippen molar-refractivity contribution in [2.45, 2.75) is 27.7 Å². The van der Waals surface area contributed by atoms with Crippen molar-refractivity contribution in [3.63, 3.8) is 0 Å². The van der Waals surface area contributed by atoms with Crippen molar-refractivity contribution in [1.29, 1.82) is 0 Å². The zero-order valence-corrected chi connectivity index (χ0v) is 12.0. The first-order valence-electron chi connectivity index (χ1n) is 6.35. The highest BCUT2D eigenvalue weighted by molar-refractivity contribution is 6.06. The number of amides is 1. The number of hydrogen-bond donors (Lipinski definition) is 1. The molecule has 0 aliphatic carbocycles. The Morgan fingerprint density at radius 2 is 1.75 bits per heavy atom. The lowest BCUT2D eigenvalue weighted by Crippen LogP contribution is -2.19. The monoisotopic (exact) mass is 271 g/mol. The highest BCUT2D eigenvalue weighted by atomic mass is 16.2. The molecule has 0 spiro atoms. The molecule has 0 fully saturated rings. The Kier molecular flexibility index (Phi) is 3.70. The summed E-state index contributed by atoms with van der Waals surface area (Å²) in [5.74, 6) is -0.0828. The summed E-state index contributed by atoms with van der Waals surface area (Å²) in [7, 11) is 0. The van der Waals surface area contributed by atoms with Crippen LogP contribution in [0.25, 0.3) is 0 Å². The van der Waals surface area contributed by atoms with Gasteiger partial charge in [0.1, 0.15) is 5.82 Å². The molecule has 0 bridgehead atoms. The largest absolute Gasteiger partial charge is 0.306 e. The van der Waals surface area contributed by atoms with Gasteiger partial charge >= 0.3 is 0 Å². The number of carbonyl (C=O) groups is 2. The quantitative estimate of drug-likeness (QED) is 0.913. The molecule has 1 aromatic carbocycles.